The van der Waals surface area contributed by atoms with E-state index in [0.29, 0.717) is 4.83 Å². The molecule has 1 N–H and O–H groups in total. The number of ketones is 1. The number of rotatable bonds is 14. The highest BCUT2D eigenvalue weighted by Gasteiger charge is 2.51. The Morgan fingerprint density at radius 1 is 1.03 bits per heavy atom. The van der Waals surface area contributed by atoms with E-state index < -0.39 is 17.3 Å². The maximum atomic E-state index is 12.8. The molecule has 0 radical (unpaired) electrons. The van der Waals surface area contributed by atoms with Crippen molar-refractivity contribution in [1.29, 1.82) is 0 Å². The van der Waals surface area contributed by atoms with Crippen molar-refractivity contribution >= 4 is 27.7 Å². The van der Waals surface area contributed by atoms with Crippen LogP contribution in [0.1, 0.15) is 99.0 Å². The van der Waals surface area contributed by atoms with Crippen molar-refractivity contribution in [3.63, 3.8) is 0 Å². The molecule has 0 saturated carbocycles. The minimum absolute atomic E-state index is 0.0460. The summed E-state index contributed by atoms with van der Waals surface area (Å²) in [6.07, 6.45) is 4.70. The molecule has 182 valence electrons. The third kappa shape index (κ3) is 6.46. The van der Waals surface area contributed by atoms with Gasteiger partial charge < -0.3 is 5.11 Å². The number of carbonyl (C=O) groups is 2. The average molecular weight is 510 g/mol. The molecule has 0 aromatic heterocycles. The molecule has 0 aliphatic rings. The number of alkyl halides is 1. The molecule has 1 aromatic rings. The maximum absolute atomic E-state index is 12.8. The van der Waals surface area contributed by atoms with Crippen LogP contribution in [0.2, 0.25) is 0 Å². The van der Waals surface area contributed by atoms with Crippen LogP contribution in [0.4, 0.5) is 0 Å². The standard InChI is InChI=1S/C28H45BrO3/c1-9-17-28(8,24(18-22(29)10-2)21-15-13-12-14-16-21)23(11-3)25(26(31)32)19(4)27(6,7)20(5)30/h12-16,19,22-25H,9-11,17-18H2,1-8H3,(H,31,32). The van der Waals surface area contributed by atoms with Gasteiger partial charge in [0, 0.05) is 10.2 Å². The first-order valence-corrected chi connectivity index (χ1v) is 13.2. The zero-order chi connectivity index (χ0) is 24.7. The molecule has 1 rings (SSSR count). The van der Waals surface area contributed by atoms with Crippen molar-refractivity contribution in [2.75, 3.05) is 0 Å². The van der Waals surface area contributed by atoms with E-state index in [4.69, 9.17) is 0 Å². The molecule has 32 heavy (non-hydrogen) atoms. The van der Waals surface area contributed by atoms with Crippen molar-refractivity contribution in [3.05, 3.63) is 35.9 Å². The van der Waals surface area contributed by atoms with Crippen LogP contribution >= 0.6 is 15.9 Å². The largest absolute Gasteiger partial charge is 0.481 e. The van der Waals surface area contributed by atoms with E-state index in [9.17, 15) is 14.7 Å². The highest BCUT2D eigenvalue weighted by Crippen LogP contribution is 2.55. The Labute approximate surface area is 204 Å². The molecule has 3 nitrogen and oxygen atoms in total. The van der Waals surface area contributed by atoms with Gasteiger partial charge in [-0.1, -0.05) is 108 Å². The Kier molecular flexibility index (Phi) is 11.1. The fraction of sp³-hybridized carbons (Fsp3) is 0.714. The van der Waals surface area contributed by atoms with E-state index >= 15 is 0 Å². The lowest BCUT2D eigenvalue weighted by Gasteiger charge is -2.50. The molecule has 0 heterocycles. The Balaban J connectivity index is 3.68. The van der Waals surface area contributed by atoms with Gasteiger partial charge in [-0.05, 0) is 54.9 Å². The molecule has 6 atom stereocenters. The van der Waals surface area contributed by atoms with Crippen LogP contribution in [0, 0.1) is 28.6 Å². The molecule has 6 unspecified atom stereocenters. The lowest BCUT2D eigenvalue weighted by molar-refractivity contribution is -0.153. The quantitative estimate of drug-likeness (QED) is 0.258. The normalized spacial score (nSPS) is 18.8. The fourth-order valence-electron chi connectivity index (χ4n) is 5.68. The van der Waals surface area contributed by atoms with Gasteiger partial charge in [0.25, 0.3) is 0 Å². The molecule has 4 heteroatoms. The topological polar surface area (TPSA) is 54.4 Å². The van der Waals surface area contributed by atoms with E-state index in [1.807, 2.05) is 26.8 Å². The van der Waals surface area contributed by atoms with Gasteiger partial charge in [-0.2, -0.15) is 0 Å². The van der Waals surface area contributed by atoms with Crippen molar-refractivity contribution in [2.24, 2.45) is 28.6 Å². The van der Waals surface area contributed by atoms with Crippen LogP contribution in [-0.2, 0) is 9.59 Å². The number of aliphatic carboxylic acids is 1. The molecule has 0 bridgehead atoms. The van der Waals surface area contributed by atoms with Crippen molar-refractivity contribution in [2.45, 2.75) is 98.2 Å². The number of carbonyl (C=O) groups excluding carboxylic acids is 1. The third-order valence-electron chi connectivity index (χ3n) is 8.31. The summed E-state index contributed by atoms with van der Waals surface area (Å²) in [4.78, 5) is 25.6. The predicted octanol–water partition coefficient (Wildman–Crippen LogP) is 8.12. The van der Waals surface area contributed by atoms with Gasteiger partial charge in [-0.3, -0.25) is 9.59 Å². The van der Waals surface area contributed by atoms with Gasteiger partial charge in [0.1, 0.15) is 5.78 Å². The third-order valence-corrected chi connectivity index (χ3v) is 9.33. The summed E-state index contributed by atoms with van der Waals surface area (Å²) in [7, 11) is 0. The van der Waals surface area contributed by atoms with E-state index in [0.717, 1.165) is 32.1 Å². The molecule has 1 aromatic carbocycles. The van der Waals surface area contributed by atoms with Crippen LogP contribution in [0.3, 0.4) is 0 Å². The van der Waals surface area contributed by atoms with Crippen molar-refractivity contribution < 1.29 is 14.7 Å². The zero-order valence-electron chi connectivity index (χ0n) is 21.5. The second-order valence-corrected chi connectivity index (χ2v) is 11.7. The molecule has 0 saturated heterocycles. The second kappa shape index (κ2) is 12.3. The van der Waals surface area contributed by atoms with Crippen LogP contribution < -0.4 is 0 Å². The molecule has 0 spiro atoms. The molecular formula is C28H45BrO3. The van der Waals surface area contributed by atoms with Crippen LogP contribution in [0.25, 0.3) is 0 Å². The number of carboxylic acid groups (broad SMARTS) is 1. The number of carboxylic acids is 1. The summed E-state index contributed by atoms with van der Waals surface area (Å²) in [6.45, 7) is 16.2. The molecule has 0 fully saturated rings. The zero-order valence-corrected chi connectivity index (χ0v) is 23.0. The SMILES string of the molecule is CCCC(C)(C(CC(Br)CC)c1ccccc1)C(CC)C(C(=O)O)C(C)C(C)(C)C(C)=O. The molecule has 0 amide bonds. The van der Waals surface area contributed by atoms with E-state index in [-0.39, 0.29) is 29.0 Å². The van der Waals surface area contributed by atoms with Crippen molar-refractivity contribution in [1.82, 2.24) is 0 Å². The van der Waals surface area contributed by atoms with E-state index in [1.54, 1.807) is 6.92 Å². The Morgan fingerprint density at radius 2 is 1.59 bits per heavy atom. The van der Waals surface area contributed by atoms with Gasteiger partial charge in [0.2, 0.25) is 0 Å². The fourth-order valence-corrected chi connectivity index (χ4v) is 6.06. The minimum atomic E-state index is -0.779. The highest BCUT2D eigenvalue weighted by molar-refractivity contribution is 9.09. The summed E-state index contributed by atoms with van der Waals surface area (Å²) >= 11 is 3.87. The number of hydrogen-bond acceptors (Lipinski definition) is 2. The van der Waals surface area contributed by atoms with E-state index in [2.05, 4.69) is 67.9 Å². The Hall–Kier alpha value is -1.16. The van der Waals surface area contributed by atoms with Crippen molar-refractivity contribution in [3.8, 4) is 0 Å². The summed E-state index contributed by atoms with van der Waals surface area (Å²) in [5.74, 6) is -1.39. The number of benzene rings is 1. The number of Topliss-reactive ketones (excluding diaryl/α,β-unsaturated/α-hetero) is 1. The first-order valence-electron chi connectivity index (χ1n) is 12.3. The van der Waals surface area contributed by atoms with Gasteiger partial charge >= 0.3 is 5.97 Å². The van der Waals surface area contributed by atoms with Gasteiger partial charge in [0.05, 0.1) is 5.92 Å². The minimum Gasteiger partial charge on any atom is -0.481 e. The van der Waals surface area contributed by atoms with Crippen LogP contribution in [-0.4, -0.2) is 21.7 Å². The smallest absolute Gasteiger partial charge is 0.307 e. The number of hydrogen-bond donors (Lipinski definition) is 1. The predicted molar refractivity (Wildman–Crippen MR) is 138 cm³/mol. The lowest BCUT2D eigenvalue weighted by atomic mass is 9.54. The summed E-state index contributed by atoms with van der Waals surface area (Å²) in [5.41, 5.74) is 0.381. The average Bonchev–Trinajstić information content (AvgIpc) is 2.75. The monoisotopic (exact) mass is 508 g/mol. The van der Waals surface area contributed by atoms with E-state index in [1.165, 1.54) is 5.56 Å². The van der Waals surface area contributed by atoms with Gasteiger partial charge in [-0.15, -0.1) is 0 Å². The second-order valence-electron chi connectivity index (χ2n) is 10.4. The summed E-state index contributed by atoms with van der Waals surface area (Å²) in [5, 5.41) is 10.5. The molecular weight excluding hydrogens is 464 g/mol. The van der Waals surface area contributed by atoms with Crippen LogP contribution in [0.5, 0.6) is 0 Å². The lowest BCUT2D eigenvalue weighted by Crippen LogP contribution is -2.47. The van der Waals surface area contributed by atoms with Gasteiger partial charge in [0.15, 0.2) is 0 Å². The summed E-state index contributed by atoms with van der Waals surface area (Å²) < 4.78 is 0. The highest BCUT2D eigenvalue weighted by atomic mass is 79.9. The Bertz CT molecular complexity index is 729. The van der Waals surface area contributed by atoms with Crippen LogP contribution in [0.15, 0.2) is 30.3 Å². The molecule has 0 aliphatic heterocycles. The number of halogens is 1. The van der Waals surface area contributed by atoms with Gasteiger partial charge in [-0.25, -0.2) is 0 Å². The first-order chi connectivity index (χ1) is 14.9. The first kappa shape index (κ1) is 28.9. The molecule has 0 aliphatic carbocycles. The summed E-state index contributed by atoms with van der Waals surface area (Å²) in [6, 6.07) is 10.6. The Morgan fingerprint density at radius 3 is 2.00 bits per heavy atom. The maximum Gasteiger partial charge on any atom is 0.307 e.